The molecule has 0 aliphatic heterocycles. The minimum absolute atomic E-state index is 0.207. The Hall–Kier alpha value is -2.46. The first kappa shape index (κ1) is 16.4. The third-order valence-electron chi connectivity index (χ3n) is 4.03. The highest BCUT2D eigenvalue weighted by atomic mass is 35.5. The molecule has 1 amide bonds. The quantitative estimate of drug-likeness (QED) is 0.753. The van der Waals surface area contributed by atoms with E-state index in [0.717, 1.165) is 16.6 Å². The molecule has 4 nitrogen and oxygen atoms in total. The van der Waals surface area contributed by atoms with E-state index in [-0.39, 0.29) is 5.91 Å². The molecule has 0 bridgehead atoms. The second-order valence-corrected chi connectivity index (χ2v) is 6.15. The molecule has 0 aliphatic carbocycles. The summed E-state index contributed by atoms with van der Waals surface area (Å²) in [7, 11) is 2.00. The molecule has 24 heavy (non-hydrogen) atoms. The van der Waals surface area contributed by atoms with E-state index in [1.165, 1.54) is 0 Å². The van der Waals surface area contributed by atoms with Crippen LogP contribution in [0.4, 0.5) is 5.69 Å². The van der Waals surface area contributed by atoms with Gasteiger partial charge in [-0.25, -0.2) is 0 Å². The van der Waals surface area contributed by atoms with Crippen molar-refractivity contribution in [2.45, 2.75) is 6.92 Å². The zero-order valence-electron chi connectivity index (χ0n) is 13.7. The number of aryl methyl sites for hydroxylation is 1. The molecule has 124 valence electrons. The minimum Gasteiger partial charge on any atom is -0.451 e. The van der Waals surface area contributed by atoms with E-state index in [1.54, 1.807) is 12.1 Å². The maximum atomic E-state index is 12.4. The summed E-state index contributed by atoms with van der Waals surface area (Å²) in [6.45, 7) is 3.11. The molecule has 5 heteroatoms. The number of fused-ring (bicyclic) bond motifs is 1. The molecule has 3 rings (SSSR count). The van der Waals surface area contributed by atoms with Gasteiger partial charge in [0.15, 0.2) is 5.76 Å². The first-order chi connectivity index (χ1) is 11.6. The van der Waals surface area contributed by atoms with Gasteiger partial charge < -0.3 is 14.6 Å². The molecule has 0 saturated heterocycles. The van der Waals surface area contributed by atoms with E-state index in [1.807, 2.05) is 50.4 Å². The SMILES string of the molecule is Cc1c(C(=O)NCCN(C)c2ccccc2)oc2ccc(Cl)cc12. The lowest BCUT2D eigenvalue weighted by Gasteiger charge is -2.19. The van der Waals surface area contributed by atoms with E-state index in [2.05, 4.69) is 10.2 Å². The topological polar surface area (TPSA) is 45.5 Å². The highest BCUT2D eigenvalue weighted by molar-refractivity contribution is 6.31. The Labute approximate surface area is 146 Å². The van der Waals surface area contributed by atoms with Crippen LogP contribution in [0.2, 0.25) is 5.02 Å². The van der Waals surface area contributed by atoms with Gasteiger partial charge in [-0.15, -0.1) is 0 Å². The van der Waals surface area contributed by atoms with Crippen molar-refractivity contribution in [3.05, 3.63) is 64.9 Å². The van der Waals surface area contributed by atoms with E-state index in [9.17, 15) is 4.79 Å². The zero-order chi connectivity index (χ0) is 17.1. The number of carbonyl (C=O) groups excluding carboxylic acids is 1. The van der Waals surface area contributed by atoms with Crippen LogP contribution in [0.25, 0.3) is 11.0 Å². The molecule has 1 aromatic heterocycles. The summed E-state index contributed by atoms with van der Waals surface area (Å²) in [6.07, 6.45) is 0. The van der Waals surface area contributed by atoms with Crippen molar-refractivity contribution < 1.29 is 9.21 Å². The number of carbonyl (C=O) groups is 1. The number of nitrogens with one attached hydrogen (secondary N) is 1. The van der Waals surface area contributed by atoms with Crippen molar-refractivity contribution in [2.24, 2.45) is 0 Å². The predicted octanol–water partition coefficient (Wildman–Crippen LogP) is 4.26. The van der Waals surface area contributed by atoms with Crippen molar-refractivity contribution in [2.75, 3.05) is 25.0 Å². The molecular formula is C19H19ClN2O2. The van der Waals surface area contributed by atoms with Crippen molar-refractivity contribution in [1.82, 2.24) is 5.32 Å². The summed E-state index contributed by atoms with van der Waals surface area (Å²) in [5, 5.41) is 4.41. The third-order valence-corrected chi connectivity index (χ3v) is 4.27. The molecule has 0 fully saturated rings. The van der Waals surface area contributed by atoms with Gasteiger partial charge in [0.1, 0.15) is 5.58 Å². The fourth-order valence-electron chi connectivity index (χ4n) is 2.64. The predicted molar refractivity (Wildman–Crippen MR) is 98.0 cm³/mol. The number of halogens is 1. The fourth-order valence-corrected chi connectivity index (χ4v) is 2.81. The molecule has 0 unspecified atom stereocenters. The van der Waals surface area contributed by atoms with Crippen molar-refractivity contribution >= 4 is 34.2 Å². The number of rotatable bonds is 5. The zero-order valence-corrected chi connectivity index (χ0v) is 14.4. The van der Waals surface area contributed by atoms with Gasteiger partial charge in [0.2, 0.25) is 0 Å². The fraction of sp³-hybridized carbons (Fsp3) is 0.211. The van der Waals surface area contributed by atoms with E-state index in [4.69, 9.17) is 16.0 Å². The molecule has 0 aliphatic rings. The lowest BCUT2D eigenvalue weighted by Crippen LogP contribution is -2.33. The number of hydrogen-bond acceptors (Lipinski definition) is 3. The highest BCUT2D eigenvalue weighted by Crippen LogP contribution is 2.27. The molecular weight excluding hydrogens is 324 g/mol. The smallest absolute Gasteiger partial charge is 0.287 e. The van der Waals surface area contributed by atoms with E-state index >= 15 is 0 Å². The third kappa shape index (κ3) is 3.39. The lowest BCUT2D eigenvalue weighted by molar-refractivity contribution is 0.0928. The van der Waals surface area contributed by atoms with Gasteiger partial charge in [-0.05, 0) is 37.3 Å². The summed E-state index contributed by atoms with van der Waals surface area (Å²) in [4.78, 5) is 14.5. The Morgan fingerprint density at radius 1 is 1.21 bits per heavy atom. The number of benzene rings is 2. The van der Waals surface area contributed by atoms with Crippen LogP contribution in [0.15, 0.2) is 52.9 Å². The molecule has 2 aromatic carbocycles. The van der Waals surface area contributed by atoms with Crippen molar-refractivity contribution in [1.29, 1.82) is 0 Å². The van der Waals surface area contributed by atoms with Crippen molar-refractivity contribution in [3.8, 4) is 0 Å². The van der Waals surface area contributed by atoms with Crippen LogP contribution in [0.5, 0.6) is 0 Å². The van der Waals surface area contributed by atoms with E-state index < -0.39 is 0 Å². The minimum atomic E-state index is -0.207. The van der Waals surface area contributed by atoms with Gasteiger partial charge in [-0.1, -0.05) is 29.8 Å². The highest BCUT2D eigenvalue weighted by Gasteiger charge is 2.17. The average Bonchev–Trinajstić information content (AvgIpc) is 2.92. The Bertz CT molecular complexity index is 858. The normalized spacial score (nSPS) is 10.8. The van der Waals surface area contributed by atoms with Crippen LogP contribution < -0.4 is 10.2 Å². The van der Waals surface area contributed by atoms with Crippen LogP contribution in [-0.2, 0) is 0 Å². The van der Waals surface area contributed by atoms with Gasteiger partial charge >= 0.3 is 0 Å². The molecule has 0 spiro atoms. The average molecular weight is 343 g/mol. The number of likely N-dealkylation sites (N-methyl/N-ethyl adjacent to an activating group) is 1. The standard InChI is InChI=1S/C19H19ClN2O2/c1-13-16-12-14(20)8-9-17(16)24-18(13)19(23)21-10-11-22(2)15-6-4-3-5-7-15/h3-9,12H,10-11H2,1-2H3,(H,21,23). The second kappa shape index (κ2) is 6.97. The molecule has 1 N–H and O–H groups in total. The molecule has 0 atom stereocenters. The number of hydrogen-bond donors (Lipinski definition) is 1. The summed E-state index contributed by atoms with van der Waals surface area (Å²) < 4.78 is 5.67. The first-order valence-electron chi connectivity index (χ1n) is 7.79. The van der Waals surface area contributed by atoms with Crippen LogP contribution in [0.1, 0.15) is 16.1 Å². The van der Waals surface area contributed by atoms with E-state index in [0.29, 0.717) is 29.5 Å². The molecule has 0 saturated carbocycles. The summed E-state index contributed by atoms with van der Waals surface area (Å²) in [5.41, 5.74) is 2.59. The van der Waals surface area contributed by atoms with Gasteiger partial charge in [-0.3, -0.25) is 4.79 Å². The number of para-hydroxylation sites is 1. The maximum absolute atomic E-state index is 12.4. The van der Waals surface area contributed by atoms with Crippen LogP contribution in [-0.4, -0.2) is 26.0 Å². The monoisotopic (exact) mass is 342 g/mol. The van der Waals surface area contributed by atoms with Gasteiger partial charge in [0, 0.05) is 41.8 Å². The first-order valence-corrected chi connectivity index (χ1v) is 8.17. The molecule has 3 aromatic rings. The van der Waals surface area contributed by atoms with Crippen molar-refractivity contribution in [3.63, 3.8) is 0 Å². The van der Waals surface area contributed by atoms with Gasteiger partial charge in [-0.2, -0.15) is 0 Å². The van der Waals surface area contributed by atoms with Gasteiger partial charge in [0.05, 0.1) is 0 Å². The Morgan fingerprint density at radius 2 is 1.96 bits per heavy atom. The number of nitrogens with zero attached hydrogens (tertiary/aromatic N) is 1. The lowest BCUT2D eigenvalue weighted by atomic mass is 10.1. The summed E-state index contributed by atoms with van der Waals surface area (Å²) in [5.74, 6) is 0.135. The Morgan fingerprint density at radius 3 is 2.71 bits per heavy atom. The molecule has 1 heterocycles. The van der Waals surface area contributed by atoms with Crippen LogP contribution in [0, 0.1) is 6.92 Å². The Balaban J connectivity index is 1.64. The second-order valence-electron chi connectivity index (χ2n) is 5.71. The molecule has 0 radical (unpaired) electrons. The summed E-state index contributed by atoms with van der Waals surface area (Å²) >= 11 is 6.01. The summed E-state index contributed by atoms with van der Waals surface area (Å²) in [6, 6.07) is 15.4. The number of furan rings is 1. The number of anilines is 1. The largest absolute Gasteiger partial charge is 0.451 e. The number of amides is 1. The van der Waals surface area contributed by atoms with Crippen LogP contribution in [0.3, 0.4) is 0 Å². The van der Waals surface area contributed by atoms with Crippen LogP contribution >= 0.6 is 11.6 Å². The Kier molecular flexibility index (Phi) is 4.76. The van der Waals surface area contributed by atoms with Gasteiger partial charge in [0.25, 0.3) is 5.91 Å². The maximum Gasteiger partial charge on any atom is 0.287 e.